The lowest BCUT2D eigenvalue weighted by atomic mass is 10.1. The lowest BCUT2D eigenvalue weighted by Gasteiger charge is -2.15. The number of carbonyl (C=O) groups is 1. The molecule has 1 atom stereocenters. The predicted octanol–water partition coefficient (Wildman–Crippen LogP) is 4.46. The van der Waals surface area contributed by atoms with Gasteiger partial charge in [0.05, 0.1) is 22.7 Å². The number of aromatic nitrogens is 2. The Balaban J connectivity index is 1.49. The lowest BCUT2D eigenvalue weighted by molar-refractivity contribution is -0.119. The van der Waals surface area contributed by atoms with Gasteiger partial charge in [-0.1, -0.05) is 52.0 Å². The molecule has 1 N–H and O–H groups in total. The predicted molar refractivity (Wildman–Crippen MR) is 116 cm³/mol. The number of hydrogen-bond donors (Lipinski definition) is 1. The minimum atomic E-state index is -0.0867. The zero-order chi connectivity index (χ0) is 19.7. The molecule has 5 nitrogen and oxygen atoms in total. The van der Waals surface area contributed by atoms with E-state index in [4.69, 9.17) is 0 Å². The first-order valence-corrected chi connectivity index (χ1v) is 11.0. The molecule has 28 heavy (non-hydrogen) atoms. The van der Waals surface area contributed by atoms with Crippen LogP contribution in [0.3, 0.4) is 0 Å². The zero-order valence-electron chi connectivity index (χ0n) is 15.4. The first kappa shape index (κ1) is 19.2. The van der Waals surface area contributed by atoms with Crippen LogP contribution >= 0.6 is 27.7 Å². The van der Waals surface area contributed by atoms with Gasteiger partial charge in [-0.05, 0) is 49.6 Å². The Labute approximate surface area is 175 Å². The molecule has 1 amide bonds. The minimum absolute atomic E-state index is 0.0146. The summed E-state index contributed by atoms with van der Waals surface area (Å²) in [5.74, 6) is 0.142. The highest BCUT2D eigenvalue weighted by Gasteiger charge is 2.28. The molecule has 0 bridgehead atoms. The highest BCUT2D eigenvalue weighted by atomic mass is 79.9. The fraction of sp³-hybridized carbons (Fsp3) is 0.286. The molecule has 1 fully saturated rings. The van der Waals surface area contributed by atoms with E-state index >= 15 is 0 Å². The Morgan fingerprint density at radius 3 is 2.68 bits per heavy atom. The second-order valence-electron chi connectivity index (χ2n) is 6.95. The number of nitrogens with one attached hydrogen (secondary N) is 1. The van der Waals surface area contributed by atoms with Crippen LogP contribution in [-0.2, 0) is 4.79 Å². The first-order chi connectivity index (χ1) is 13.5. The summed E-state index contributed by atoms with van der Waals surface area (Å²) in [5, 5.41) is 4.27. The first-order valence-electron chi connectivity index (χ1n) is 9.22. The van der Waals surface area contributed by atoms with Crippen molar-refractivity contribution in [2.45, 2.75) is 37.0 Å². The normalized spacial score (nSPS) is 14.8. The largest absolute Gasteiger partial charge is 0.349 e. The SMILES string of the molecule is CC(NC(=O)CSc1nc2ccccc2c(=O)n1C1CC1)c1ccc(Br)cc1. The molecule has 3 aromatic rings. The van der Waals surface area contributed by atoms with Gasteiger partial charge >= 0.3 is 0 Å². The molecule has 0 spiro atoms. The molecule has 4 rings (SSSR count). The van der Waals surface area contributed by atoms with Crippen LogP contribution in [0.4, 0.5) is 0 Å². The summed E-state index contributed by atoms with van der Waals surface area (Å²) in [6.45, 7) is 1.96. The smallest absolute Gasteiger partial charge is 0.262 e. The zero-order valence-corrected chi connectivity index (χ0v) is 17.8. The van der Waals surface area contributed by atoms with Gasteiger partial charge < -0.3 is 5.32 Å². The molecule has 1 heterocycles. The van der Waals surface area contributed by atoms with Crippen LogP contribution < -0.4 is 10.9 Å². The number of carbonyl (C=O) groups excluding carboxylic acids is 1. The Kier molecular flexibility index (Phi) is 5.55. The van der Waals surface area contributed by atoms with Gasteiger partial charge in [-0.25, -0.2) is 4.98 Å². The van der Waals surface area contributed by atoms with Crippen molar-refractivity contribution in [1.82, 2.24) is 14.9 Å². The monoisotopic (exact) mass is 457 g/mol. The van der Waals surface area contributed by atoms with E-state index in [0.29, 0.717) is 16.1 Å². The minimum Gasteiger partial charge on any atom is -0.349 e. The molecule has 0 saturated heterocycles. The standard InChI is InChI=1S/C21H20BrN3O2S/c1-13(14-6-8-15(22)9-7-14)23-19(26)12-28-21-24-18-5-3-2-4-17(18)20(27)25(21)16-10-11-16/h2-9,13,16H,10-12H2,1H3,(H,23,26). The van der Waals surface area contributed by atoms with E-state index in [2.05, 4.69) is 26.2 Å². The molecule has 7 heteroatoms. The van der Waals surface area contributed by atoms with Crippen molar-refractivity contribution in [3.63, 3.8) is 0 Å². The average molecular weight is 458 g/mol. The van der Waals surface area contributed by atoms with Crippen molar-refractivity contribution in [2.75, 3.05) is 5.75 Å². The third-order valence-corrected chi connectivity index (χ3v) is 6.25. The van der Waals surface area contributed by atoms with Crippen molar-refractivity contribution in [3.8, 4) is 0 Å². The molecule has 0 aliphatic heterocycles. The lowest BCUT2D eigenvalue weighted by Crippen LogP contribution is -2.29. The summed E-state index contributed by atoms with van der Waals surface area (Å²) in [7, 11) is 0. The number of rotatable bonds is 6. The highest BCUT2D eigenvalue weighted by molar-refractivity contribution is 9.10. The summed E-state index contributed by atoms with van der Waals surface area (Å²) in [6.07, 6.45) is 1.97. The van der Waals surface area contributed by atoms with Crippen LogP contribution in [0.15, 0.2) is 63.0 Å². The number of para-hydroxylation sites is 1. The summed E-state index contributed by atoms with van der Waals surface area (Å²) in [6, 6.07) is 15.4. The van der Waals surface area contributed by atoms with Crippen molar-refractivity contribution in [3.05, 3.63) is 68.9 Å². The molecule has 0 radical (unpaired) electrons. The molecule has 1 aliphatic rings. The van der Waals surface area contributed by atoms with Crippen molar-refractivity contribution < 1.29 is 4.79 Å². The number of benzene rings is 2. The van der Waals surface area contributed by atoms with Crippen LogP contribution in [0.2, 0.25) is 0 Å². The summed E-state index contributed by atoms with van der Waals surface area (Å²) < 4.78 is 2.77. The van der Waals surface area contributed by atoms with E-state index in [1.54, 1.807) is 4.57 Å². The molecule has 144 valence electrons. The van der Waals surface area contributed by atoms with Gasteiger partial charge in [0, 0.05) is 10.5 Å². The molecular formula is C21H20BrN3O2S. The Morgan fingerprint density at radius 2 is 1.96 bits per heavy atom. The van der Waals surface area contributed by atoms with Gasteiger partial charge in [-0.2, -0.15) is 0 Å². The highest BCUT2D eigenvalue weighted by Crippen LogP contribution is 2.36. The van der Waals surface area contributed by atoms with E-state index in [1.165, 1.54) is 11.8 Å². The van der Waals surface area contributed by atoms with E-state index in [9.17, 15) is 9.59 Å². The van der Waals surface area contributed by atoms with E-state index in [0.717, 1.165) is 22.9 Å². The van der Waals surface area contributed by atoms with E-state index in [1.807, 2.05) is 55.5 Å². The Bertz CT molecular complexity index is 1080. The number of nitrogens with zero attached hydrogens (tertiary/aromatic N) is 2. The molecular weight excluding hydrogens is 438 g/mol. The van der Waals surface area contributed by atoms with Crippen molar-refractivity contribution >= 4 is 44.5 Å². The summed E-state index contributed by atoms with van der Waals surface area (Å²) in [4.78, 5) is 30.0. The second kappa shape index (κ2) is 8.09. The Hall–Kier alpha value is -2.12. The maximum absolute atomic E-state index is 12.9. The van der Waals surface area contributed by atoms with Crippen LogP contribution in [0.1, 0.15) is 37.4 Å². The fourth-order valence-corrected chi connectivity index (χ4v) is 4.27. The van der Waals surface area contributed by atoms with E-state index in [-0.39, 0.29) is 29.3 Å². The van der Waals surface area contributed by atoms with Crippen LogP contribution in [0.5, 0.6) is 0 Å². The molecule has 2 aromatic carbocycles. The maximum atomic E-state index is 12.9. The van der Waals surface area contributed by atoms with Gasteiger partial charge in [-0.15, -0.1) is 0 Å². The quantitative estimate of drug-likeness (QED) is 0.438. The number of halogens is 1. The topological polar surface area (TPSA) is 64.0 Å². The third kappa shape index (κ3) is 4.15. The van der Waals surface area contributed by atoms with Gasteiger partial charge in [0.25, 0.3) is 5.56 Å². The van der Waals surface area contributed by atoms with E-state index < -0.39 is 0 Å². The second-order valence-corrected chi connectivity index (χ2v) is 8.81. The summed E-state index contributed by atoms with van der Waals surface area (Å²) in [5.41, 5.74) is 1.70. The van der Waals surface area contributed by atoms with Crippen LogP contribution in [0, 0.1) is 0 Å². The Morgan fingerprint density at radius 1 is 1.25 bits per heavy atom. The summed E-state index contributed by atoms with van der Waals surface area (Å²) >= 11 is 4.74. The van der Waals surface area contributed by atoms with Crippen LogP contribution in [0.25, 0.3) is 10.9 Å². The van der Waals surface area contributed by atoms with Crippen molar-refractivity contribution in [2.24, 2.45) is 0 Å². The average Bonchev–Trinajstić information content (AvgIpc) is 3.52. The van der Waals surface area contributed by atoms with Gasteiger partial charge in [0.15, 0.2) is 5.16 Å². The van der Waals surface area contributed by atoms with Gasteiger partial charge in [0.1, 0.15) is 0 Å². The van der Waals surface area contributed by atoms with Gasteiger partial charge in [-0.3, -0.25) is 14.2 Å². The maximum Gasteiger partial charge on any atom is 0.262 e. The van der Waals surface area contributed by atoms with Gasteiger partial charge in [0.2, 0.25) is 5.91 Å². The molecule has 1 aliphatic carbocycles. The number of fused-ring (bicyclic) bond motifs is 1. The molecule has 1 unspecified atom stereocenters. The number of hydrogen-bond acceptors (Lipinski definition) is 4. The fourth-order valence-electron chi connectivity index (χ4n) is 3.13. The number of thioether (sulfide) groups is 1. The van der Waals surface area contributed by atoms with Crippen molar-refractivity contribution in [1.29, 1.82) is 0 Å². The van der Waals surface area contributed by atoms with Crippen LogP contribution in [-0.4, -0.2) is 21.2 Å². The third-order valence-electron chi connectivity index (χ3n) is 4.77. The number of amides is 1. The molecule has 1 saturated carbocycles. The molecule has 1 aromatic heterocycles.